The van der Waals surface area contributed by atoms with Crippen LogP contribution < -0.4 is 5.32 Å². The topological polar surface area (TPSA) is 42.7 Å². The van der Waals surface area contributed by atoms with E-state index in [4.69, 9.17) is 9.97 Å². The van der Waals surface area contributed by atoms with Crippen molar-refractivity contribution < 1.29 is 0 Å². The van der Waals surface area contributed by atoms with Crippen LogP contribution in [0.2, 0.25) is 0 Å². The zero-order valence-electron chi connectivity index (χ0n) is 18.1. The maximum absolute atomic E-state index is 5.02. The number of pyridine rings is 1. The van der Waals surface area contributed by atoms with Crippen LogP contribution in [0.5, 0.6) is 0 Å². The van der Waals surface area contributed by atoms with Crippen molar-refractivity contribution in [2.45, 2.75) is 56.9 Å². The highest BCUT2D eigenvalue weighted by atomic mass is 15.1. The van der Waals surface area contributed by atoms with E-state index in [9.17, 15) is 0 Å². The summed E-state index contributed by atoms with van der Waals surface area (Å²) >= 11 is 0. The monoisotopic (exact) mass is 410 g/mol. The molecule has 2 fully saturated rings. The van der Waals surface area contributed by atoms with Crippen molar-refractivity contribution in [2.75, 3.05) is 13.1 Å². The fourth-order valence-corrected chi connectivity index (χ4v) is 5.71. The lowest BCUT2D eigenvalue weighted by atomic mass is 9.81. The quantitative estimate of drug-likeness (QED) is 0.436. The third-order valence-corrected chi connectivity index (χ3v) is 7.40. The largest absolute Gasteiger partial charge is 0.317 e. The Balaban J connectivity index is 1.55. The third kappa shape index (κ3) is 3.43. The smallest absolute Gasteiger partial charge is 0.160 e. The van der Waals surface area contributed by atoms with Crippen LogP contribution in [0.25, 0.3) is 33.1 Å². The van der Waals surface area contributed by atoms with Gasteiger partial charge in [-0.3, -0.25) is 0 Å². The van der Waals surface area contributed by atoms with Crippen molar-refractivity contribution in [1.82, 2.24) is 19.9 Å². The Bertz CT molecular complexity index is 1210. The standard InChI is InChI=1S/C27H30N4/c1-2-7-20(8-3-1)24-17-29-27-26(30-18-31(27)23-12-14-28-15-13-23)25(24)22-11-10-19-6-4-5-9-21(19)16-22/h4-6,9-11,16-18,20,23,28H,1-3,7-8,12-15H2. The lowest BCUT2D eigenvalue weighted by Crippen LogP contribution is -2.29. The van der Waals surface area contributed by atoms with E-state index in [0.717, 1.165) is 37.1 Å². The van der Waals surface area contributed by atoms with E-state index in [1.165, 1.54) is 59.6 Å². The summed E-state index contributed by atoms with van der Waals surface area (Å²) in [6.07, 6.45) is 13.1. The fourth-order valence-electron chi connectivity index (χ4n) is 5.71. The number of imidazole rings is 1. The number of hydrogen-bond acceptors (Lipinski definition) is 3. The molecule has 1 saturated carbocycles. The lowest BCUT2D eigenvalue weighted by molar-refractivity contribution is 0.373. The van der Waals surface area contributed by atoms with E-state index in [-0.39, 0.29) is 0 Å². The van der Waals surface area contributed by atoms with E-state index in [1.807, 2.05) is 6.33 Å². The molecule has 2 aromatic heterocycles. The Labute approximate surface area is 183 Å². The van der Waals surface area contributed by atoms with Gasteiger partial charge in [0.25, 0.3) is 0 Å². The van der Waals surface area contributed by atoms with Gasteiger partial charge in [0.1, 0.15) is 5.52 Å². The number of aromatic nitrogens is 3. The molecular weight excluding hydrogens is 380 g/mol. The molecule has 158 valence electrons. The summed E-state index contributed by atoms with van der Waals surface area (Å²) < 4.78 is 2.34. The van der Waals surface area contributed by atoms with Crippen molar-refractivity contribution in [1.29, 1.82) is 0 Å². The number of nitrogens with one attached hydrogen (secondary N) is 1. The number of benzene rings is 2. The lowest BCUT2D eigenvalue weighted by Gasteiger charge is -2.26. The molecule has 0 spiro atoms. The Morgan fingerprint density at radius 3 is 2.48 bits per heavy atom. The van der Waals surface area contributed by atoms with E-state index < -0.39 is 0 Å². The van der Waals surface area contributed by atoms with Gasteiger partial charge in [-0.1, -0.05) is 55.7 Å². The first-order valence-corrected chi connectivity index (χ1v) is 11.9. The molecule has 6 rings (SSSR count). The highest BCUT2D eigenvalue weighted by molar-refractivity contribution is 5.96. The van der Waals surface area contributed by atoms with Crippen molar-refractivity contribution >= 4 is 21.9 Å². The molecular formula is C27H30N4. The highest BCUT2D eigenvalue weighted by Gasteiger charge is 2.25. The van der Waals surface area contributed by atoms with Gasteiger partial charge in [0.05, 0.1) is 6.33 Å². The summed E-state index contributed by atoms with van der Waals surface area (Å²) in [5.74, 6) is 0.594. The number of fused-ring (bicyclic) bond motifs is 2. The second kappa shape index (κ2) is 8.08. The van der Waals surface area contributed by atoms with Crippen LogP contribution >= 0.6 is 0 Å². The highest BCUT2D eigenvalue weighted by Crippen LogP contribution is 2.41. The molecule has 1 aliphatic heterocycles. The average Bonchev–Trinajstić information content (AvgIpc) is 3.28. The first kappa shape index (κ1) is 19.0. The molecule has 3 heterocycles. The SMILES string of the molecule is c1ccc2cc(-c3c(C4CCCCC4)cnc4c3ncn4C3CCNCC3)ccc2c1. The maximum atomic E-state index is 5.02. The van der Waals surface area contributed by atoms with Gasteiger partial charge in [0.15, 0.2) is 5.65 Å². The van der Waals surface area contributed by atoms with E-state index in [2.05, 4.69) is 58.5 Å². The van der Waals surface area contributed by atoms with Crippen LogP contribution in [0.15, 0.2) is 55.0 Å². The van der Waals surface area contributed by atoms with Crippen LogP contribution in [-0.4, -0.2) is 27.6 Å². The van der Waals surface area contributed by atoms with E-state index in [0.29, 0.717) is 12.0 Å². The summed E-state index contributed by atoms with van der Waals surface area (Å²) in [6.45, 7) is 2.14. The zero-order chi connectivity index (χ0) is 20.6. The summed E-state index contributed by atoms with van der Waals surface area (Å²) in [6, 6.07) is 16.0. The first-order valence-electron chi connectivity index (χ1n) is 11.9. The van der Waals surface area contributed by atoms with Crippen LogP contribution in [0.4, 0.5) is 0 Å². The predicted molar refractivity (Wildman–Crippen MR) is 127 cm³/mol. The second-order valence-corrected chi connectivity index (χ2v) is 9.29. The molecule has 31 heavy (non-hydrogen) atoms. The van der Waals surface area contributed by atoms with Gasteiger partial charge in [-0.25, -0.2) is 9.97 Å². The van der Waals surface area contributed by atoms with Gasteiger partial charge in [0, 0.05) is 17.8 Å². The van der Waals surface area contributed by atoms with Crippen LogP contribution in [0.3, 0.4) is 0 Å². The molecule has 1 N–H and O–H groups in total. The minimum atomic E-state index is 0.490. The molecule has 0 bridgehead atoms. The van der Waals surface area contributed by atoms with Crippen molar-refractivity contribution in [3.05, 3.63) is 60.6 Å². The van der Waals surface area contributed by atoms with Gasteiger partial charge in [-0.2, -0.15) is 0 Å². The molecule has 0 unspecified atom stereocenters. The minimum absolute atomic E-state index is 0.490. The Morgan fingerprint density at radius 2 is 1.65 bits per heavy atom. The summed E-state index contributed by atoms with van der Waals surface area (Å²) in [5.41, 5.74) is 6.13. The van der Waals surface area contributed by atoms with Crippen molar-refractivity contribution in [3.63, 3.8) is 0 Å². The molecule has 0 radical (unpaired) electrons. The molecule has 2 aliphatic rings. The fraction of sp³-hybridized carbons (Fsp3) is 0.407. The third-order valence-electron chi connectivity index (χ3n) is 7.40. The van der Waals surface area contributed by atoms with Gasteiger partial charge < -0.3 is 9.88 Å². The summed E-state index contributed by atoms with van der Waals surface area (Å²) in [7, 11) is 0. The molecule has 1 aliphatic carbocycles. The van der Waals surface area contributed by atoms with Crippen LogP contribution in [-0.2, 0) is 0 Å². The molecule has 0 amide bonds. The Kier molecular flexibility index (Phi) is 4.95. The molecule has 4 heteroatoms. The summed E-state index contributed by atoms with van der Waals surface area (Å²) in [4.78, 5) is 10.0. The number of piperidine rings is 1. The number of nitrogens with zero attached hydrogens (tertiary/aromatic N) is 3. The van der Waals surface area contributed by atoms with Crippen molar-refractivity contribution in [2.24, 2.45) is 0 Å². The number of rotatable bonds is 3. The van der Waals surface area contributed by atoms with Gasteiger partial charge >= 0.3 is 0 Å². The summed E-state index contributed by atoms with van der Waals surface area (Å²) in [5, 5.41) is 6.05. The predicted octanol–water partition coefficient (Wildman–Crippen LogP) is 6.22. The van der Waals surface area contributed by atoms with Gasteiger partial charge in [0.2, 0.25) is 0 Å². The average molecular weight is 411 g/mol. The van der Waals surface area contributed by atoms with Gasteiger partial charge in [-0.15, -0.1) is 0 Å². The maximum Gasteiger partial charge on any atom is 0.160 e. The molecule has 4 aromatic rings. The van der Waals surface area contributed by atoms with E-state index in [1.54, 1.807) is 0 Å². The molecule has 4 nitrogen and oxygen atoms in total. The number of hydrogen-bond donors (Lipinski definition) is 1. The van der Waals surface area contributed by atoms with Crippen LogP contribution in [0, 0.1) is 0 Å². The zero-order valence-corrected chi connectivity index (χ0v) is 18.1. The van der Waals surface area contributed by atoms with E-state index >= 15 is 0 Å². The Morgan fingerprint density at radius 1 is 0.839 bits per heavy atom. The second-order valence-electron chi connectivity index (χ2n) is 9.29. The Hall–Kier alpha value is -2.72. The molecule has 2 aromatic carbocycles. The minimum Gasteiger partial charge on any atom is -0.317 e. The first-order chi connectivity index (χ1) is 15.4. The normalized spacial score (nSPS) is 18.7. The molecule has 0 atom stereocenters. The molecule has 1 saturated heterocycles. The van der Waals surface area contributed by atoms with Gasteiger partial charge in [-0.05, 0) is 72.7 Å². The van der Waals surface area contributed by atoms with Crippen molar-refractivity contribution in [3.8, 4) is 11.1 Å². The van der Waals surface area contributed by atoms with Crippen LogP contribution in [0.1, 0.15) is 62.5 Å².